The van der Waals surface area contributed by atoms with Gasteiger partial charge in [-0.25, -0.2) is 0 Å². The Kier molecular flexibility index (Phi) is 4.35. The molecular formula is C27H20N2. The predicted octanol–water partition coefficient (Wildman–Crippen LogP) is 6.64. The average molecular weight is 372 g/mol. The van der Waals surface area contributed by atoms with Crippen molar-refractivity contribution in [2.24, 2.45) is 0 Å². The first-order chi connectivity index (χ1) is 14.3. The molecule has 0 aliphatic rings. The molecule has 0 fully saturated rings. The van der Waals surface area contributed by atoms with E-state index < -0.39 is 0 Å². The van der Waals surface area contributed by atoms with Gasteiger partial charge in [-0.1, -0.05) is 84.9 Å². The Labute approximate surface area is 170 Å². The van der Waals surface area contributed by atoms with Crippen LogP contribution in [0.25, 0.3) is 32.9 Å². The predicted molar refractivity (Wildman–Crippen MR) is 120 cm³/mol. The molecule has 0 aliphatic heterocycles. The Morgan fingerprint density at radius 1 is 0.724 bits per heavy atom. The van der Waals surface area contributed by atoms with Crippen molar-refractivity contribution < 1.29 is 0 Å². The summed E-state index contributed by atoms with van der Waals surface area (Å²) < 4.78 is 0. The number of benzene rings is 4. The molecule has 5 rings (SSSR count). The summed E-state index contributed by atoms with van der Waals surface area (Å²) in [5.41, 5.74) is 8.37. The van der Waals surface area contributed by atoms with Crippen molar-refractivity contribution in [1.29, 1.82) is 5.26 Å². The lowest BCUT2D eigenvalue weighted by Gasteiger charge is -2.10. The lowest BCUT2D eigenvalue weighted by molar-refractivity contribution is 1.22. The third kappa shape index (κ3) is 3.17. The van der Waals surface area contributed by atoms with E-state index in [-0.39, 0.29) is 0 Å². The van der Waals surface area contributed by atoms with Crippen LogP contribution in [-0.4, -0.2) is 4.98 Å². The summed E-state index contributed by atoms with van der Waals surface area (Å²) in [7, 11) is 0. The number of hydrogen-bond acceptors (Lipinski definition) is 1. The average Bonchev–Trinajstić information content (AvgIpc) is 3.16. The Morgan fingerprint density at radius 3 is 2.28 bits per heavy atom. The molecule has 4 aromatic carbocycles. The van der Waals surface area contributed by atoms with Crippen LogP contribution in [0, 0.1) is 11.3 Å². The number of fused-ring (bicyclic) bond motifs is 3. The van der Waals surface area contributed by atoms with Crippen LogP contribution in [0.3, 0.4) is 0 Å². The van der Waals surface area contributed by atoms with E-state index in [4.69, 9.17) is 5.26 Å². The van der Waals surface area contributed by atoms with E-state index in [0.717, 1.165) is 23.1 Å². The fourth-order valence-corrected chi connectivity index (χ4v) is 4.13. The minimum atomic E-state index is 0.443. The molecular weight excluding hydrogens is 352 g/mol. The normalized spacial score (nSPS) is 11.0. The van der Waals surface area contributed by atoms with E-state index in [9.17, 15) is 0 Å². The molecule has 0 saturated carbocycles. The summed E-state index contributed by atoms with van der Waals surface area (Å²) in [6.07, 6.45) is 1.35. The zero-order valence-corrected chi connectivity index (χ0v) is 16.0. The number of rotatable bonds is 4. The summed E-state index contributed by atoms with van der Waals surface area (Å²) in [6.45, 7) is 0. The van der Waals surface area contributed by atoms with Gasteiger partial charge in [-0.2, -0.15) is 5.26 Å². The van der Waals surface area contributed by atoms with Crippen molar-refractivity contribution in [1.82, 2.24) is 4.98 Å². The molecule has 1 heterocycles. The standard InChI is InChI=1S/C27H20N2/c28-17-16-19-10-12-21(13-11-19)23-15-14-22(18-20-6-2-1-3-7-20)26-24-8-4-5-9-25(24)29-27(23)26/h1-15,29H,16,18H2. The molecule has 2 nitrogen and oxygen atoms in total. The van der Waals surface area contributed by atoms with E-state index in [2.05, 4.69) is 89.9 Å². The molecule has 0 radical (unpaired) electrons. The zero-order valence-electron chi connectivity index (χ0n) is 16.0. The molecule has 0 bridgehead atoms. The molecule has 5 aromatic rings. The van der Waals surface area contributed by atoms with E-state index >= 15 is 0 Å². The SMILES string of the molecule is N#CCc1ccc(-c2ccc(Cc3ccccc3)c3c2[nH]c2ccccc23)cc1. The van der Waals surface area contributed by atoms with Crippen LogP contribution in [0.15, 0.2) is 91.0 Å². The lowest BCUT2D eigenvalue weighted by Crippen LogP contribution is -1.91. The highest BCUT2D eigenvalue weighted by Crippen LogP contribution is 2.36. The number of para-hydroxylation sites is 1. The third-order valence-electron chi connectivity index (χ3n) is 5.53. The summed E-state index contributed by atoms with van der Waals surface area (Å²) in [5, 5.41) is 11.5. The van der Waals surface area contributed by atoms with Crippen molar-refractivity contribution in [2.75, 3.05) is 0 Å². The van der Waals surface area contributed by atoms with Crippen LogP contribution >= 0.6 is 0 Å². The van der Waals surface area contributed by atoms with Crippen LogP contribution in [0.2, 0.25) is 0 Å². The monoisotopic (exact) mass is 372 g/mol. The maximum atomic E-state index is 8.92. The van der Waals surface area contributed by atoms with Gasteiger partial charge in [0.25, 0.3) is 0 Å². The van der Waals surface area contributed by atoms with Gasteiger partial charge in [0.05, 0.1) is 18.0 Å². The highest BCUT2D eigenvalue weighted by Gasteiger charge is 2.14. The fourth-order valence-electron chi connectivity index (χ4n) is 4.13. The fraction of sp³-hybridized carbons (Fsp3) is 0.0741. The Hall–Kier alpha value is -3.83. The number of aromatic amines is 1. The summed E-state index contributed by atoms with van der Waals surface area (Å²) >= 11 is 0. The van der Waals surface area contributed by atoms with E-state index in [1.165, 1.54) is 33.0 Å². The van der Waals surface area contributed by atoms with Crippen LogP contribution < -0.4 is 0 Å². The molecule has 0 amide bonds. The highest BCUT2D eigenvalue weighted by atomic mass is 14.7. The van der Waals surface area contributed by atoms with Gasteiger partial charge in [-0.05, 0) is 34.7 Å². The lowest BCUT2D eigenvalue weighted by atomic mass is 9.94. The van der Waals surface area contributed by atoms with Crippen molar-refractivity contribution in [3.63, 3.8) is 0 Å². The van der Waals surface area contributed by atoms with Crippen molar-refractivity contribution in [3.8, 4) is 17.2 Å². The largest absolute Gasteiger partial charge is 0.354 e. The van der Waals surface area contributed by atoms with Crippen LogP contribution in [0.1, 0.15) is 16.7 Å². The Balaban J connectivity index is 1.71. The van der Waals surface area contributed by atoms with Gasteiger partial charge in [0, 0.05) is 21.9 Å². The van der Waals surface area contributed by atoms with Crippen molar-refractivity contribution in [2.45, 2.75) is 12.8 Å². The summed E-state index contributed by atoms with van der Waals surface area (Å²) in [6, 6.07) is 34.1. The summed E-state index contributed by atoms with van der Waals surface area (Å²) in [5.74, 6) is 0. The second kappa shape index (κ2) is 7.30. The second-order valence-corrected chi connectivity index (χ2v) is 7.39. The van der Waals surface area contributed by atoms with E-state index in [1.807, 2.05) is 12.1 Å². The van der Waals surface area contributed by atoms with E-state index in [0.29, 0.717) is 6.42 Å². The molecule has 1 aromatic heterocycles. The smallest absolute Gasteiger partial charge is 0.0669 e. The Morgan fingerprint density at radius 2 is 1.48 bits per heavy atom. The van der Waals surface area contributed by atoms with Crippen LogP contribution in [0.5, 0.6) is 0 Å². The van der Waals surface area contributed by atoms with Gasteiger partial charge in [-0.15, -0.1) is 0 Å². The van der Waals surface area contributed by atoms with Crippen LogP contribution in [0.4, 0.5) is 0 Å². The highest BCUT2D eigenvalue weighted by molar-refractivity contribution is 6.13. The van der Waals surface area contributed by atoms with Gasteiger partial charge in [-0.3, -0.25) is 0 Å². The maximum Gasteiger partial charge on any atom is 0.0669 e. The number of hydrogen-bond donors (Lipinski definition) is 1. The van der Waals surface area contributed by atoms with Crippen molar-refractivity contribution in [3.05, 3.63) is 108 Å². The number of nitrogens with one attached hydrogen (secondary N) is 1. The third-order valence-corrected chi connectivity index (χ3v) is 5.53. The number of aromatic nitrogens is 1. The first kappa shape index (κ1) is 17.3. The molecule has 0 aliphatic carbocycles. The van der Waals surface area contributed by atoms with Gasteiger partial charge in [0.1, 0.15) is 0 Å². The molecule has 2 heteroatoms. The number of nitrogens with zero attached hydrogens (tertiary/aromatic N) is 1. The summed E-state index contributed by atoms with van der Waals surface area (Å²) in [4.78, 5) is 3.66. The van der Waals surface area contributed by atoms with Gasteiger partial charge < -0.3 is 4.98 Å². The maximum absolute atomic E-state index is 8.92. The Bertz CT molecular complexity index is 1340. The molecule has 0 unspecified atom stereocenters. The van der Waals surface area contributed by atoms with Gasteiger partial charge in [0.15, 0.2) is 0 Å². The molecule has 29 heavy (non-hydrogen) atoms. The van der Waals surface area contributed by atoms with Crippen molar-refractivity contribution >= 4 is 21.8 Å². The minimum absolute atomic E-state index is 0.443. The zero-order chi connectivity index (χ0) is 19.6. The first-order valence-electron chi connectivity index (χ1n) is 9.86. The molecule has 0 atom stereocenters. The topological polar surface area (TPSA) is 39.6 Å². The minimum Gasteiger partial charge on any atom is -0.354 e. The number of H-pyrrole nitrogens is 1. The van der Waals surface area contributed by atoms with E-state index in [1.54, 1.807) is 0 Å². The molecule has 1 N–H and O–H groups in total. The molecule has 0 spiro atoms. The van der Waals surface area contributed by atoms with Gasteiger partial charge >= 0.3 is 0 Å². The molecule has 0 saturated heterocycles. The van der Waals surface area contributed by atoms with Crippen LogP contribution in [-0.2, 0) is 12.8 Å². The first-order valence-corrected chi connectivity index (χ1v) is 9.86. The molecule has 138 valence electrons. The second-order valence-electron chi connectivity index (χ2n) is 7.39. The quantitative estimate of drug-likeness (QED) is 0.377. The van der Waals surface area contributed by atoms with Gasteiger partial charge in [0.2, 0.25) is 0 Å². The number of nitriles is 1.